The molecule has 2 aromatic heterocycles. The first-order valence-electron chi connectivity index (χ1n) is 9.36. The minimum Gasteiger partial charge on any atom is -0.369 e. The van der Waals surface area contributed by atoms with Crippen LogP contribution in [0.1, 0.15) is 40.5 Å². The van der Waals surface area contributed by atoms with E-state index in [0.29, 0.717) is 24.3 Å². The van der Waals surface area contributed by atoms with Gasteiger partial charge in [0.1, 0.15) is 5.82 Å². The lowest BCUT2D eigenvalue weighted by Crippen LogP contribution is -2.28. The highest BCUT2D eigenvalue weighted by Gasteiger charge is 2.29. The Morgan fingerprint density at radius 1 is 1.31 bits per heavy atom. The summed E-state index contributed by atoms with van der Waals surface area (Å²) in [5, 5.41) is 13.0. The van der Waals surface area contributed by atoms with Gasteiger partial charge in [-0.3, -0.25) is 4.79 Å². The largest absolute Gasteiger partial charge is 0.369 e. The predicted octanol–water partition coefficient (Wildman–Crippen LogP) is 2.92. The number of rotatable bonds is 9. The van der Waals surface area contributed by atoms with Crippen LogP contribution in [0, 0.1) is 11.8 Å². The lowest BCUT2D eigenvalue weighted by molar-refractivity contribution is -0.122. The Hall–Kier alpha value is -1.83. The van der Waals surface area contributed by atoms with Gasteiger partial charge in [0.2, 0.25) is 5.91 Å². The minimum absolute atomic E-state index is 0.159. The number of amides is 1. The number of aromatic nitrogens is 4. The van der Waals surface area contributed by atoms with Crippen molar-refractivity contribution in [3.8, 4) is 0 Å². The summed E-state index contributed by atoms with van der Waals surface area (Å²) >= 11 is 1.64. The maximum Gasteiger partial charge on any atom is 0.223 e. The van der Waals surface area contributed by atoms with Gasteiger partial charge in [0.25, 0.3) is 0 Å². The zero-order valence-electron chi connectivity index (χ0n) is 16.0. The van der Waals surface area contributed by atoms with Gasteiger partial charge in [0.15, 0.2) is 10.8 Å². The van der Waals surface area contributed by atoms with Crippen molar-refractivity contribution in [1.29, 1.82) is 0 Å². The van der Waals surface area contributed by atoms with Gasteiger partial charge in [-0.05, 0) is 18.8 Å². The highest BCUT2D eigenvalue weighted by Crippen LogP contribution is 2.29. The summed E-state index contributed by atoms with van der Waals surface area (Å²) in [7, 11) is 0. The summed E-state index contributed by atoms with van der Waals surface area (Å²) in [6.45, 7) is 10.6. The van der Waals surface area contributed by atoms with Crippen LogP contribution in [-0.2, 0) is 11.3 Å². The van der Waals surface area contributed by atoms with E-state index in [-0.39, 0.29) is 11.8 Å². The molecule has 0 saturated heterocycles. The molecule has 0 unspecified atom stereocenters. The highest BCUT2D eigenvalue weighted by molar-refractivity contribution is 7.99. The van der Waals surface area contributed by atoms with Crippen molar-refractivity contribution in [2.24, 2.45) is 11.8 Å². The summed E-state index contributed by atoms with van der Waals surface area (Å²) < 4.78 is 1.86. The van der Waals surface area contributed by atoms with Crippen molar-refractivity contribution in [1.82, 2.24) is 25.1 Å². The molecule has 3 rings (SSSR count). The maximum absolute atomic E-state index is 11.8. The second kappa shape index (κ2) is 8.24. The number of carbonyl (C=O) groups excluding carboxylic acids is 1. The minimum atomic E-state index is 0.159. The van der Waals surface area contributed by atoms with Gasteiger partial charge in [-0.1, -0.05) is 39.5 Å². The standard InChI is InChI=1S/C18H28N6OS/c1-11(2)9-20-15-14-10-21-24(8-7-19-17(25)13-5-6-13)16(14)23-18(22-15)26-12(3)4/h10-13H,5-9H2,1-4H3,(H,19,25)(H,20,22,23). The molecule has 7 nitrogen and oxygen atoms in total. The Balaban J connectivity index is 1.79. The SMILES string of the molecule is CC(C)CNc1nc(SC(C)C)nc2c1cnn2CCNC(=O)C1CC1. The van der Waals surface area contributed by atoms with Gasteiger partial charge in [0, 0.05) is 24.3 Å². The zero-order valence-corrected chi connectivity index (χ0v) is 16.8. The zero-order chi connectivity index (χ0) is 18.7. The number of hydrogen-bond acceptors (Lipinski definition) is 6. The fourth-order valence-corrected chi connectivity index (χ4v) is 3.28. The molecule has 0 aromatic carbocycles. The molecule has 0 spiro atoms. The third-order valence-corrected chi connectivity index (χ3v) is 4.93. The van der Waals surface area contributed by atoms with Crippen LogP contribution in [0.5, 0.6) is 0 Å². The molecule has 2 aromatic rings. The van der Waals surface area contributed by atoms with E-state index >= 15 is 0 Å². The molecule has 2 N–H and O–H groups in total. The Kier molecular flexibility index (Phi) is 6.01. The third-order valence-electron chi connectivity index (χ3n) is 4.07. The molecule has 2 heterocycles. The number of fused-ring (bicyclic) bond motifs is 1. The van der Waals surface area contributed by atoms with E-state index in [1.807, 2.05) is 10.9 Å². The van der Waals surface area contributed by atoms with Crippen molar-refractivity contribution < 1.29 is 4.79 Å². The van der Waals surface area contributed by atoms with Gasteiger partial charge in [0.05, 0.1) is 18.1 Å². The van der Waals surface area contributed by atoms with Gasteiger partial charge >= 0.3 is 0 Å². The van der Waals surface area contributed by atoms with Crippen molar-refractivity contribution in [3.63, 3.8) is 0 Å². The Morgan fingerprint density at radius 2 is 2.08 bits per heavy atom. The quantitative estimate of drug-likeness (QED) is 0.517. The predicted molar refractivity (Wildman–Crippen MR) is 105 cm³/mol. The number of nitrogens with one attached hydrogen (secondary N) is 2. The van der Waals surface area contributed by atoms with Crippen LogP contribution in [0.3, 0.4) is 0 Å². The van der Waals surface area contributed by atoms with Crippen LogP contribution in [0.25, 0.3) is 11.0 Å². The second-order valence-electron chi connectivity index (χ2n) is 7.47. The van der Waals surface area contributed by atoms with Gasteiger partial charge in [-0.15, -0.1) is 0 Å². The fourth-order valence-electron chi connectivity index (χ4n) is 2.57. The molecule has 1 fully saturated rings. The van der Waals surface area contributed by atoms with Crippen LogP contribution in [0.2, 0.25) is 0 Å². The maximum atomic E-state index is 11.8. The molecule has 142 valence electrons. The summed E-state index contributed by atoms with van der Waals surface area (Å²) in [6, 6.07) is 0. The van der Waals surface area contributed by atoms with E-state index in [1.54, 1.807) is 11.8 Å². The summed E-state index contributed by atoms with van der Waals surface area (Å²) in [5.74, 6) is 1.74. The van der Waals surface area contributed by atoms with Gasteiger partial charge in [-0.2, -0.15) is 5.10 Å². The van der Waals surface area contributed by atoms with Crippen molar-refractivity contribution in [2.45, 2.75) is 57.5 Å². The van der Waals surface area contributed by atoms with E-state index in [4.69, 9.17) is 4.98 Å². The first-order valence-corrected chi connectivity index (χ1v) is 10.2. The molecule has 1 aliphatic rings. The topological polar surface area (TPSA) is 84.7 Å². The van der Waals surface area contributed by atoms with Crippen LogP contribution in [0.4, 0.5) is 5.82 Å². The van der Waals surface area contributed by atoms with E-state index < -0.39 is 0 Å². The molecule has 8 heteroatoms. The van der Waals surface area contributed by atoms with Gasteiger partial charge in [-0.25, -0.2) is 14.6 Å². The molecular weight excluding hydrogens is 348 g/mol. The third kappa shape index (κ3) is 4.87. The van der Waals surface area contributed by atoms with E-state index in [9.17, 15) is 4.79 Å². The molecule has 0 aliphatic heterocycles. The van der Waals surface area contributed by atoms with Gasteiger partial charge < -0.3 is 10.6 Å². The molecule has 26 heavy (non-hydrogen) atoms. The molecule has 1 aliphatic carbocycles. The molecule has 1 saturated carbocycles. The van der Waals surface area contributed by atoms with Crippen LogP contribution in [0.15, 0.2) is 11.4 Å². The Labute approximate surface area is 158 Å². The van der Waals surface area contributed by atoms with E-state index in [2.05, 4.69) is 48.4 Å². The summed E-state index contributed by atoms with van der Waals surface area (Å²) in [4.78, 5) is 21.2. The average Bonchev–Trinajstić information content (AvgIpc) is 3.34. The molecule has 0 atom stereocenters. The first kappa shape index (κ1) is 18.9. The Bertz CT molecular complexity index is 768. The van der Waals surface area contributed by atoms with Crippen molar-refractivity contribution in [2.75, 3.05) is 18.4 Å². The summed E-state index contributed by atoms with van der Waals surface area (Å²) in [5.41, 5.74) is 0.815. The molecule has 1 amide bonds. The van der Waals surface area contributed by atoms with E-state index in [1.165, 1.54) is 0 Å². The number of anilines is 1. The molecule has 0 bridgehead atoms. The lowest BCUT2D eigenvalue weighted by atomic mass is 10.2. The summed E-state index contributed by atoms with van der Waals surface area (Å²) in [6.07, 6.45) is 3.85. The van der Waals surface area contributed by atoms with Crippen LogP contribution in [-0.4, -0.2) is 44.0 Å². The number of thioether (sulfide) groups is 1. The normalized spacial score (nSPS) is 14.4. The number of hydrogen-bond donors (Lipinski definition) is 2. The number of carbonyl (C=O) groups is 1. The fraction of sp³-hybridized carbons (Fsp3) is 0.667. The van der Waals surface area contributed by atoms with E-state index in [0.717, 1.165) is 41.4 Å². The first-order chi connectivity index (χ1) is 12.4. The Morgan fingerprint density at radius 3 is 2.73 bits per heavy atom. The van der Waals surface area contributed by atoms with Crippen molar-refractivity contribution in [3.05, 3.63) is 6.20 Å². The van der Waals surface area contributed by atoms with Crippen molar-refractivity contribution >= 4 is 34.5 Å². The number of nitrogens with zero attached hydrogens (tertiary/aromatic N) is 4. The lowest BCUT2D eigenvalue weighted by Gasteiger charge is -2.12. The van der Waals surface area contributed by atoms with Crippen LogP contribution < -0.4 is 10.6 Å². The average molecular weight is 377 g/mol. The molecular formula is C18H28N6OS. The van der Waals surface area contributed by atoms with Crippen LogP contribution >= 0.6 is 11.8 Å². The monoisotopic (exact) mass is 376 g/mol. The molecule has 0 radical (unpaired) electrons. The highest BCUT2D eigenvalue weighted by atomic mass is 32.2. The second-order valence-corrected chi connectivity index (χ2v) is 9.01. The smallest absolute Gasteiger partial charge is 0.223 e.